The number of carbonyl (C=O) groups is 1. The van der Waals surface area contributed by atoms with Gasteiger partial charge in [-0.05, 0) is 54.8 Å². The molecule has 0 saturated carbocycles. The molecule has 168 valence electrons. The highest BCUT2D eigenvalue weighted by Crippen LogP contribution is 2.27. The first kappa shape index (κ1) is 23.0. The summed E-state index contributed by atoms with van der Waals surface area (Å²) in [5.74, 6) is -5.07. The van der Waals surface area contributed by atoms with E-state index in [0.717, 1.165) is 16.4 Å². The summed E-state index contributed by atoms with van der Waals surface area (Å²) in [6.45, 7) is -0.412. The lowest BCUT2D eigenvalue weighted by Gasteiger charge is -2.35. The van der Waals surface area contributed by atoms with Crippen LogP contribution in [0.3, 0.4) is 0 Å². The quantitative estimate of drug-likeness (QED) is 0.343. The standard InChI is InChI=1S/C19H19F3N2O6S/c20-15-7-11(8-16(21)18(15)22)10-30-13-1-3-14(4-2-13)31(28,29)24-6-5-12(25)9-17(24)19(26)23-27/h1-4,7-8,12,17,25,27H,5-6,9-10H2,(H,23,26). The number of sulfonamides is 1. The molecule has 1 aliphatic rings. The Morgan fingerprint density at radius 2 is 1.77 bits per heavy atom. The molecule has 0 bridgehead atoms. The van der Waals surface area contributed by atoms with E-state index in [2.05, 4.69) is 0 Å². The van der Waals surface area contributed by atoms with E-state index in [1.165, 1.54) is 29.7 Å². The largest absolute Gasteiger partial charge is 0.489 e. The summed E-state index contributed by atoms with van der Waals surface area (Å²) in [6.07, 6.45) is -0.927. The summed E-state index contributed by atoms with van der Waals surface area (Å²) < 4.78 is 71.7. The number of halogens is 3. The van der Waals surface area contributed by atoms with E-state index in [9.17, 15) is 31.5 Å². The first-order chi connectivity index (χ1) is 14.6. The number of aliphatic hydroxyl groups excluding tert-OH is 1. The Hall–Kier alpha value is -2.67. The molecule has 1 heterocycles. The number of rotatable bonds is 6. The summed E-state index contributed by atoms with van der Waals surface area (Å²) in [5.41, 5.74) is 1.45. The Bertz CT molecular complexity index is 1040. The van der Waals surface area contributed by atoms with Gasteiger partial charge in [0.05, 0.1) is 11.0 Å². The zero-order valence-electron chi connectivity index (χ0n) is 16.0. The van der Waals surface area contributed by atoms with Crippen LogP contribution in [0.2, 0.25) is 0 Å². The van der Waals surface area contributed by atoms with Crippen molar-refractivity contribution in [3.8, 4) is 5.75 Å². The van der Waals surface area contributed by atoms with Gasteiger partial charge < -0.3 is 9.84 Å². The minimum absolute atomic E-state index is 0.0397. The Morgan fingerprint density at radius 3 is 2.35 bits per heavy atom. The van der Waals surface area contributed by atoms with Gasteiger partial charge >= 0.3 is 0 Å². The molecule has 12 heteroatoms. The second-order valence-electron chi connectivity index (χ2n) is 6.92. The highest BCUT2D eigenvalue weighted by molar-refractivity contribution is 7.89. The van der Waals surface area contributed by atoms with E-state index in [1.807, 2.05) is 0 Å². The summed E-state index contributed by atoms with van der Waals surface area (Å²) in [4.78, 5) is 11.7. The van der Waals surface area contributed by atoms with Crippen LogP contribution < -0.4 is 10.2 Å². The highest BCUT2D eigenvalue weighted by Gasteiger charge is 2.40. The van der Waals surface area contributed by atoms with E-state index >= 15 is 0 Å². The molecule has 2 unspecified atom stereocenters. The van der Waals surface area contributed by atoms with Crippen LogP contribution in [-0.2, 0) is 21.4 Å². The van der Waals surface area contributed by atoms with Crippen LogP contribution in [-0.4, -0.2) is 47.6 Å². The van der Waals surface area contributed by atoms with Crippen molar-refractivity contribution in [2.45, 2.75) is 36.5 Å². The Balaban J connectivity index is 1.74. The van der Waals surface area contributed by atoms with Gasteiger partial charge in [-0.15, -0.1) is 0 Å². The number of ether oxygens (including phenoxy) is 1. The van der Waals surface area contributed by atoms with Gasteiger partial charge in [-0.3, -0.25) is 10.0 Å². The summed E-state index contributed by atoms with van der Waals surface area (Å²) in [6, 6.07) is 5.35. The van der Waals surface area contributed by atoms with Crippen LogP contribution in [0.25, 0.3) is 0 Å². The summed E-state index contributed by atoms with van der Waals surface area (Å²) >= 11 is 0. The summed E-state index contributed by atoms with van der Waals surface area (Å²) in [7, 11) is -4.14. The molecule has 2 atom stereocenters. The fourth-order valence-corrected chi connectivity index (χ4v) is 4.84. The fraction of sp³-hybridized carbons (Fsp3) is 0.316. The highest BCUT2D eigenvalue weighted by atomic mass is 32.2. The maximum absolute atomic E-state index is 13.3. The molecule has 31 heavy (non-hydrogen) atoms. The predicted molar refractivity (Wildman–Crippen MR) is 99.9 cm³/mol. The van der Waals surface area contributed by atoms with E-state index in [-0.39, 0.29) is 42.2 Å². The number of hydrogen-bond donors (Lipinski definition) is 3. The minimum atomic E-state index is -4.14. The van der Waals surface area contributed by atoms with Crippen molar-refractivity contribution >= 4 is 15.9 Å². The molecule has 2 aromatic carbocycles. The summed E-state index contributed by atoms with van der Waals surface area (Å²) in [5, 5.41) is 18.6. The van der Waals surface area contributed by atoms with Crippen molar-refractivity contribution in [2.24, 2.45) is 0 Å². The molecule has 0 spiro atoms. The van der Waals surface area contributed by atoms with Gasteiger partial charge in [0, 0.05) is 6.54 Å². The van der Waals surface area contributed by atoms with Crippen molar-refractivity contribution in [3.63, 3.8) is 0 Å². The zero-order valence-corrected chi connectivity index (χ0v) is 16.8. The first-order valence-electron chi connectivity index (χ1n) is 9.13. The number of aliphatic hydroxyl groups is 1. The second-order valence-corrected chi connectivity index (χ2v) is 8.81. The second kappa shape index (κ2) is 9.22. The van der Waals surface area contributed by atoms with Crippen molar-refractivity contribution in [1.29, 1.82) is 0 Å². The van der Waals surface area contributed by atoms with E-state index in [1.54, 1.807) is 0 Å². The number of piperidine rings is 1. The van der Waals surface area contributed by atoms with Gasteiger partial charge in [0.25, 0.3) is 5.91 Å². The van der Waals surface area contributed by atoms with Crippen molar-refractivity contribution in [2.75, 3.05) is 6.54 Å². The Labute approximate surface area is 175 Å². The third-order valence-corrected chi connectivity index (χ3v) is 6.74. The normalized spacial score (nSPS) is 19.8. The third kappa shape index (κ3) is 4.98. The monoisotopic (exact) mass is 460 g/mol. The molecule has 0 radical (unpaired) electrons. The molecule has 0 aromatic heterocycles. The number of carbonyl (C=O) groups excluding carboxylic acids is 1. The lowest BCUT2D eigenvalue weighted by molar-refractivity contribution is -0.135. The van der Waals surface area contributed by atoms with Crippen molar-refractivity contribution < 1.29 is 41.4 Å². The average molecular weight is 460 g/mol. The Kier molecular flexibility index (Phi) is 6.84. The predicted octanol–water partition coefficient (Wildman–Crippen LogP) is 1.70. The number of amides is 1. The molecule has 1 fully saturated rings. The number of hydrogen-bond acceptors (Lipinski definition) is 6. The number of benzene rings is 2. The maximum Gasteiger partial charge on any atom is 0.261 e. The zero-order chi connectivity index (χ0) is 22.8. The molecule has 1 saturated heterocycles. The van der Waals surface area contributed by atoms with Crippen LogP contribution in [0.5, 0.6) is 5.75 Å². The molecule has 1 amide bonds. The van der Waals surface area contributed by atoms with Crippen LogP contribution >= 0.6 is 0 Å². The minimum Gasteiger partial charge on any atom is -0.489 e. The van der Waals surface area contributed by atoms with Crippen LogP contribution in [0.4, 0.5) is 13.2 Å². The van der Waals surface area contributed by atoms with Gasteiger partial charge in [-0.2, -0.15) is 4.31 Å². The lowest BCUT2D eigenvalue weighted by atomic mass is 10.0. The van der Waals surface area contributed by atoms with Crippen LogP contribution in [0.1, 0.15) is 18.4 Å². The molecule has 1 aliphatic heterocycles. The van der Waals surface area contributed by atoms with Crippen LogP contribution in [0.15, 0.2) is 41.3 Å². The smallest absolute Gasteiger partial charge is 0.261 e. The molecule has 0 aliphatic carbocycles. The number of nitrogens with zero attached hydrogens (tertiary/aromatic N) is 1. The Morgan fingerprint density at radius 1 is 1.16 bits per heavy atom. The number of hydroxylamine groups is 1. The van der Waals surface area contributed by atoms with E-state index < -0.39 is 45.5 Å². The van der Waals surface area contributed by atoms with E-state index in [0.29, 0.717) is 0 Å². The first-order valence-corrected chi connectivity index (χ1v) is 10.6. The van der Waals surface area contributed by atoms with E-state index in [4.69, 9.17) is 9.94 Å². The van der Waals surface area contributed by atoms with Gasteiger partial charge in [-0.25, -0.2) is 27.1 Å². The SMILES string of the molecule is O=C(NO)C1CC(O)CCN1S(=O)(=O)c1ccc(OCc2cc(F)c(F)c(F)c2)cc1. The maximum atomic E-state index is 13.3. The van der Waals surface area contributed by atoms with Crippen molar-refractivity contribution in [3.05, 3.63) is 59.4 Å². The topological polar surface area (TPSA) is 116 Å². The lowest BCUT2D eigenvalue weighted by Crippen LogP contribution is -2.54. The van der Waals surface area contributed by atoms with Gasteiger partial charge in [0.2, 0.25) is 10.0 Å². The molecule has 2 aromatic rings. The van der Waals surface area contributed by atoms with Gasteiger partial charge in [0.15, 0.2) is 17.5 Å². The van der Waals surface area contributed by atoms with Crippen molar-refractivity contribution in [1.82, 2.24) is 9.79 Å². The molecule has 8 nitrogen and oxygen atoms in total. The van der Waals surface area contributed by atoms with Crippen LogP contribution in [0, 0.1) is 17.5 Å². The average Bonchev–Trinajstić information content (AvgIpc) is 2.75. The fourth-order valence-electron chi connectivity index (χ4n) is 3.23. The molecular weight excluding hydrogens is 441 g/mol. The van der Waals surface area contributed by atoms with Gasteiger partial charge in [-0.1, -0.05) is 0 Å². The molecule has 3 N–H and O–H groups in total. The number of nitrogens with one attached hydrogen (secondary N) is 1. The molecule has 3 rings (SSSR count). The molecular formula is C19H19F3N2O6S. The van der Waals surface area contributed by atoms with Gasteiger partial charge in [0.1, 0.15) is 18.4 Å². The third-order valence-electron chi connectivity index (χ3n) is 4.82.